The Labute approximate surface area is 145 Å². The maximum absolute atomic E-state index is 12.4. The van der Waals surface area contributed by atoms with Crippen molar-refractivity contribution in [3.8, 4) is 0 Å². The van der Waals surface area contributed by atoms with Crippen LogP contribution in [0, 0.1) is 5.92 Å². The Kier molecular flexibility index (Phi) is 4.86. The number of hydrogen-bond donors (Lipinski definition) is 2. The minimum atomic E-state index is -0.991. The fourth-order valence-corrected chi connectivity index (χ4v) is 2.92. The lowest BCUT2D eigenvalue weighted by Crippen LogP contribution is -2.31. The molecule has 0 bridgehead atoms. The molecule has 0 aliphatic heterocycles. The molecule has 2 aromatic rings. The van der Waals surface area contributed by atoms with Crippen molar-refractivity contribution in [2.75, 3.05) is 0 Å². The Hall–Kier alpha value is -2.33. The second-order valence-electron chi connectivity index (χ2n) is 6.12. The van der Waals surface area contributed by atoms with Crippen molar-refractivity contribution in [1.29, 1.82) is 0 Å². The van der Waals surface area contributed by atoms with Gasteiger partial charge in [0, 0.05) is 5.02 Å². The Morgan fingerprint density at radius 1 is 1.17 bits per heavy atom. The Morgan fingerprint density at radius 2 is 1.88 bits per heavy atom. The third kappa shape index (κ3) is 4.15. The SMILES string of the molecule is O=C(Cc1cccc(C(=O)O)c1)NC(c1ccc(Cl)cc1)C1CC1. The van der Waals surface area contributed by atoms with E-state index in [-0.39, 0.29) is 23.9 Å². The van der Waals surface area contributed by atoms with Crippen LogP contribution in [-0.2, 0) is 11.2 Å². The zero-order valence-electron chi connectivity index (χ0n) is 13.0. The normalized spacial score (nSPS) is 14.9. The highest BCUT2D eigenvalue weighted by Crippen LogP contribution is 2.41. The first-order valence-electron chi connectivity index (χ1n) is 7.90. The largest absolute Gasteiger partial charge is 0.478 e. The smallest absolute Gasteiger partial charge is 0.335 e. The fourth-order valence-electron chi connectivity index (χ4n) is 2.80. The maximum atomic E-state index is 12.4. The summed E-state index contributed by atoms with van der Waals surface area (Å²) < 4.78 is 0. The molecule has 1 amide bonds. The summed E-state index contributed by atoms with van der Waals surface area (Å²) in [5.41, 5.74) is 1.93. The molecule has 0 radical (unpaired) electrons. The first-order chi connectivity index (χ1) is 11.5. The van der Waals surface area contributed by atoms with Gasteiger partial charge in [0.1, 0.15) is 0 Å². The molecule has 24 heavy (non-hydrogen) atoms. The van der Waals surface area contributed by atoms with Gasteiger partial charge in [0.05, 0.1) is 18.0 Å². The zero-order chi connectivity index (χ0) is 17.1. The van der Waals surface area contributed by atoms with Gasteiger partial charge in [-0.05, 0) is 54.2 Å². The number of carbonyl (C=O) groups is 2. The van der Waals surface area contributed by atoms with Crippen molar-refractivity contribution in [2.45, 2.75) is 25.3 Å². The van der Waals surface area contributed by atoms with Crippen LogP contribution in [0.5, 0.6) is 0 Å². The molecule has 1 aliphatic carbocycles. The van der Waals surface area contributed by atoms with Gasteiger partial charge in [0.25, 0.3) is 0 Å². The van der Waals surface area contributed by atoms with Gasteiger partial charge in [0.2, 0.25) is 5.91 Å². The summed E-state index contributed by atoms with van der Waals surface area (Å²) in [5, 5.41) is 12.8. The van der Waals surface area contributed by atoms with Crippen LogP contribution in [0.15, 0.2) is 48.5 Å². The van der Waals surface area contributed by atoms with Gasteiger partial charge in [-0.2, -0.15) is 0 Å². The van der Waals surface area contributed by atoms with E-state index in [4.69, 9.17) is 16.7 Å². The van der Waals surface area contributed by atoms with Crippen molar-refractivity contribution in [3.63, 3.8) is 0 Å². The third-order valence-electron chi connectivity index (χ3n) is 4.18. The topological polar surface area (TPSA) is 66.4 Å². The molecule has 0 spiro atoms. The van der Waals surface area contributed by atoms with Crippen LogP contribution >= 0.6 is 11.6 Å². The van der Waals surface area contributed by atoms with Crippen molar-refractivity contribution in [1.82, 2.24) is 5.32 Å². The van der Waals surface area contributed by atoms with Crippen LogP contribution in [0.4, 0.5) is 0 Å². The molecule has 124 valence electrons. The number of carboxylic acids is 1. The molecule has 0 saturated heterocycles. The van der Waals surface area contributed by atoms with Crippen LogP contribution in [-0.4, -0.2) is 17.0 Å². The van der Waals surface area contributed by atoms with E-state index in [2.05, 4.69) is 5.32 Å². The zero-order valence-corrected chi connectivity index (χ0v) is 13.8. The van der Waals surface area contributed by atoms with Crippen LogP contribution in [0.2, 0.25) is 5.02 Å². The molecule has 3 rings (SSSR count). The van der Waals surface area contributed by atoms with Gasteiger partial charge >= 0.3 is 5.97 Å². The van der Waals surface area contributed by atoms with E-state index >= 15 is 0 Å². The van der Waals surface area contributed by atoms with Crippen molar-refractivity contribution in [3.05, 3.63) is 70.2 Å². The summed E-state index contributed by atoms with van der Waals surface area (Å²) in [7, 11) is 0. The van der Waals surface area contributed by atoms with E-state index in [1.54, 1.807) is 12.1 Å². The minimum absolute atomic E-state index is 0.0163. The average molecular weight is 344 g/mol. The first kappa shape index (κ1) is 16.5. The molecule has 0 heterocycles. The molecule has 4 nitrogen and oxygen atoms in total. The number of hydrogen-bond acceptors (Lipinski definition) is 2. The van der Waals surface area contributed by atoms with Crippen molar-refractivity contribution in [2.24, 2.45) is 5.92 Å². The first-order valence-corrected chi connectivity index (χ1v) is 8.28. The molecule has 1 unspecified atom stereocenters. The Morgan fingerprint density at radius 3 is 2.50 bits per heavy atom. The Bertz CT molecular complexity index is 753. The highest BCUT2D eigenvalue weighted by atomic mass is 35.5. The summed E-state index contributed by atoms with van der Waals surface area (Å²) in [5.74, 6) is -0.640. The minimum Gasteiger partial charge on any atom is -0.478 e. The molecular weight excluding hydrogens is 326 g/mol. The molecule has 1 fully saturated rings. The number of benzene rings is 2. The van der Waals surface area contributed by atoms with Crippen molar-refractivity contribution < 1.29 is 14.7 Å². The van der Waals surface area contributed by atoms with E-state index in [9.17, 15) is 9.59 Å². The number of halogens is 1. The van der Waals surface area contributed by atoms with Gasteiger partial charge in [-0.1, -0.05) is 35.9 Å². The summed E-state index contributed by atoms with van der Waals surface area (Å²) in [6.07, 6.45) is 2.36. The summed E-state index contributed by atoms with van der Waals surface area (Å²) in [4.78, 5) is 23.4. The monoisotopic (exact) mass is 343 g/mol. The van der Waals surface area contributed by atoms with E-state index in [0.29, 0.717) is 16.5 Å². The number of rotatable bonds is 6. The van der Waals surface area contributed by atoms with E-state index < -0.39 is 5.97 Å². The van der Waals surface area contributed by atoms with E-state index in [0.717, 1.165) is 18.4 Å². The molecule has 2 aromatic carbocycles. The highest BCUT2D eigenvalue weighted by molar-refractivity contribution is 6.30. The molecule has 1 saturated carbocycles. The number of carboxylic acid groups (broad SMARTS) is 1. The van der Waals surface area contributed by atoms with E-state index in [1.165, 1.54) is 12.1 Å². The molecule has 2 N–H and O–H groups in total. The summed E-state index contributed by atoms with van der Waals surface area (Å²) >= 11 is 5.93. The fraction of sp³-hybridized carbons (Fsp3) is 0.263. The van der Waals surface area contributed by atoms with Gasteiger partial charge in [0.15, 0.2) is 0 Å². The van der Waals surface area contributed by atoms with Crippen LogP contribution in [0.1, 0.15) is 40.4 Å². The van der Waals surface area contributed by atoms with Crippen LogP contribution in [0.3, 0.4) is 0 Å². The second kappa shape index (κ2) is 7.05. The highest BCUT2D eigenvalue weighted by Gasteiger charge is 2.33. The Balaban J connectivity index is 1.69. The lowest BCUT2D eigenvalue weighted by Gasteiger charge is -2.19. The number of nitrogens with one attached hydrogen (secondary N) is 1. The molecule has 1 aliphatic rings. The predicted octanol–water partition coefficient (Wildman–Crippen LogP) is 3.85. The van der Waals surface area contributed by atoms with E-state index in [1.807, 2.05) is 24.3 Å². The van der Waals surface area contributed by atoms with Crippen LogP contribution < -0.4 is 5.32 Å². The molecule has 5 heteroatoms. The summed E-state index contributed by atoms with van der Waals surface area (Å²) in [6, 6.07) is 14.0. The van der Waals surface area contributed by atoms with Gasteiger partial charge in [-0.3, -0.25) is 4.79 Å². The quantitative estimate of drug-likeness (QED) is 0.837. The standard InChI is InChI=1S/C19H18ClNO3/c20-16-8-6-14(7-9-16)18(13-4-5-13)21-17(22)11-12-2-1-3-15(10-12)19(23)24/h1-3,6-10,13,18H,4-5,11H2,(H,21,22)(H,23,24). The molecular formula is C19H18ClNO3. The number of amides is 1. The van der Waals surface area contributed by atoms with Gasteiger partial charge in [-0.25, -0.2) is 4.79 Å². The van der Waals surface area contributed by atoms with Gasteiger partial charge < -0.3 is 10.4 Å². The summed E-state index contributed by atoms with van der Waals surface area (Å²) in [6.45, 7) is 0. The third-order valence-corrected chi connectivity index (χ3v) is 4.43. The maximum Gasteiger partial charge on any atom is 0.335 e. The lowest BCUT2D eigenvalue weighted by atomic mass is 10.0. The number of aromatic carboxylic acids is 1. The second-order valence-corrected chi connectivity index (χ2v) is 6.55. The van der Waals surface area contributed by atoms with Gasteiger partial charge in [-0.15, -0.1) is 0 Å². The number of carbonyl (C=O) groups excluding carboxylic acids is 1. The predicted molar refractivity (Wildman–Crippen MR) is 92.2 cm³/mol. The van der Waals surface area contributed by atoms with Crippen molar-refractivity contribution >= 4 is 23.5 Å². The average Bonchev–Trinajstić information content (AvgIpc) is 3.38. The van der Waals surface area contributed by atoms with Crippen LogP contribution in [0.25, 0.3) is 0 Å². The molecule has 1 atom stereocenters. The molecule has 0 aromatic heterocycles. The lowest BCUT2D eigenvalue weighted by molar-refractivity contribution is -0.121.